The van der Waals surface area contributed by atoms with Crippen molar-refractivity contribution in [1.82, 2.24) is 14.9 Å². The molecular weight excluding hydrogens is 414 g/mol. The number of rotatable bonds is 10. The van der Waals surface area contributed by atoms with E-state index in [4.69, 9.17) is 14.5 Å². The fourth-order valence-electron chi connectivity index (χ4n) is 4.02. The molecule has 0 aliphatic carbocycles. The van der Waals surface area contributed by atoms with Gasteiger partial charge in [0.05, 0.1) is 25.3 Å². The number of amides is 1. The number of aromatic nitrogens is 2. The average molecular weight is 444 g/mol. The summed E-state index contributed by atoms with van der Waals surface area (Å²) in [7, 11) is 3.13. The van der Waals surface area contributed by atoms with Crippen molar-refractivity contribution in [2.75, 3.05) is 20.8 Å². The number of nitrogens with one attached hydrogen (secondary N) is 1. The van der Waals surface area contributed by atoms with Gasteiger partial charge < -0.3 is 19.4 Å². The first kappa shape index (κ1) is 22.4. The fourth-order valence-corrected chi connectivity index (χ4v) is 4.02. The summed E-state index contributed by atoms with van der Waals surface area (Å²) in [5.41, 5.74) is 3.99. The normalized spacial score (nSPS) is 10.8. The summed E-state index contributed by atoms with van der Waals surface area (Å²) in [6.45, 7) is 1.38. The van der Waals surface area contributed by atoms with Crippen molar-refractivity contribution < 1.29 is 14.3 Å². The summed E-state index contributed by atoms with van der Waals surface area (Å²) in [5.74, 6) is 1.96. The maximum absolute atomic E-state index is 12.7. The van der Waals surface area contributed by atoms with Crippen LogP contribution in [0.15, 0.2) is 72.8 Å². The van der Waals surface area contributed by atoms with Crippen LogP contribution in [0.25, 0.3) is 11.0 Å². The van der Waals surface area contributed by atoms with Crippen LogP contribution >= 0.6 is 0 Å². The Morgan fingerprint density at radius 2 is 1.67 bits per heavy atom. The van der Waals surface area contributed by atoms with E-state index < -0.39 is 0 Å². The molecule has 6 nitrogen and oxygen atoms in total. The van der Waals surface area contributed by atoms with Crippen molar-refractivity contribution in [2.45, 2.75) is 25.8 Å². The van der Waals surface area contributed by atoms with Crippen molar-refractivity contribution in [2.24, 2.45) is 0 Å². The molecule has 0 aliphatic rings. The third kappa shape index (κ3) is 5.34. The van der Waals surface area contributed by atoms with Crippen LogP contribution < -0.4 is 14.8 Å². The summed E-state index contributed by atoms with van der Waals surface area (Å²) in [5, 5.41) is 3.00. The molecule has 170 valence electrons. The van der Waals surface area contributed by atoms with Crippen LogP contribution in [0.2, 0.25) is 0 Å². The number of hydrogen-bond acceptors (Lipinski definition) is 4. The molecule has 0 atom stereocenters. The molecule has 0 saturated heterocycles. The molecule has 33 heavy (non-hydrogen) atoms. The minimum absolute atomic E-state index is 0.150. The zero-order chi connectivity index (χ0) is 23.0. The molecule has 0 spiro atoms. The first-order valence-electron chi connectivity index (χ1n) is 11.2. The van der Waals surface area contributed by atoms with Crippen molar-refractivity contribution in [3.8, 4) is 11.5 Å². The summed E-state index contributed by atoms with van der Waals surface area (Å²) in [6, 6.07) is 23.9. The maximum Gasteiger partial charge on any atom is 0.251 e. The van der Waals surface area contributed by atoms with Crippen molar-refractivity contribution in [3.63, 3.8) is 0 Å². The summed E-state index contributed by atoms with van der Waals surface area (Å²) in [6.07, 6.45) is 2.69. The smallest absolute Gasteiger partial charge is 0.251 e. The van der Waals surface area contributed by atoms with E-state index in [-0.39, 0.29) is 5.91 Å². The van der Waals surface area contributed by atoms with Crippen LogP contribution in [0, 0.1) is 0 Å². The molecule has 4 rings (SSSR count). The number of benzene rings is 3. The molecule has 0 aliphatic heterocycles. The molecule has 1 aromatic heterocycles. The van der Waals surface area contributed by atoms with E-state index in [2.05, 4.69) is 40.2 Å². The summed E-state index contributed by atoms with van der Waals surface area (Å²) in [4.78, 5) is 17.5. The zero-order valence-electron chi connectivity index (χ0n) is 19.1. The zero-order valence-corrected chi connectivity index (χ0v) is 19.1. The highest BCUT2D eigenvalue weighted by Gasteiger charge is 2.13. The average Bonchev–Trinajstić information content (AvgIpc) is 3.21. The number of carbonyl (C=O) groups excluding carboxylic acids is 1. The van der Waals surface area contributed by atoms with Gasteiger partial charge in [-0.3, -0.25) is 4.79 Å². The molecule has 3 aromatic carbocycles. The number of fused-ring (bicyclic) bond motifs is 1. The highest BCUT2D eigenvalue weighted by Crippen LogP contribution is 2.27. The molecule has 4 aromatic rings. The van der Waals surface area contributed by atoms with Crippen LogP contribution in [-0.4, -0.2) is 36.2 Å². The standard InChI is InChI=1S/C27H29N3O3/c1-32-24-15-14-21(19-25(24)33-2)27(31)28-17-16-26-29-22-12-6-7-13-23(22)30(26)18-8-11-20-9-4-3-5-10-20/h3-7,9-10,12-15,19H,8,11,16-18H2,1-2H3,(H,28,31). The molecule has 1 N–H and O–H groups in total. The van der Waals surface area contributed by atoms with Crippen LogP contribution in [0.3, 0.4) is 0 Å². The number of carbonyl (C=O) groups is 1. The Morgan fingerprint density at radius 3 is 2.45 bits per heavy atom. The Hall–Kier alpha value is -3.80. The minimum atomic E-state index is -0.150. The number of imidazole rings is 1. The second kappa shape index (κ2) is 10.7. The van der Waals surface area contributed by atoms with Gasteiger partial charge in [0, 0.05) is 25.1 Å². The third-order valence-electron chi connectivity index (χ3n) is 5.70. The summed E-state index contributed by atoms with van der Waals surface area (Å²) >= 11 is 0. The maximum atomic E-state index is 12.7. The van der Waals surface area contributed by atoms with E-state index in [1.54, 1.807) is 32.4 Å². The van der Waals surface area contributed by atoms with E-state index in [1.807, 2.05) is 24.3 Å². The molecule has 1 amide bonds. The van der Waals surface area contributed by atoms with Gasteiger partial charge in [0.1, 0.15) is 5.82 Å². The number of nitrogens with zero attached hydrogens (tertiary/aromatic N) is 2. The second-order valence-electron chi connectivity index (χ2n) is 7.83. The Morgan fingerprint density at radius 1 is 0.909 bits per heavy atom. The summed E-state index contributed by atoms with van der Waals surface area (Å²) < 4.78 is 12.8. The topological polar surface area (TPSA) is 65.4 Å². The van der Waals surface area contributed by atoms with Gasteiger partial charge in [-0.25, -0.2) is 4.98 Å². The van der Waals surface area contributed by atoms with Crippen molar-refractivity contribution >= 4 is 16.9 Å². The van der Waals surface area contributed by atoms with Gasteiger partial charge in [0.25, 0.3) is 5.91 Å². The van der Waals surface area contributed by atoms with Crippen LogP contribution in [-0.2, 0) is 19.4 Å². The lowest BCUT2D eigenvalue weighted by molar-refractivity contribution is 0.0953. The Balaban J connectivity index is 1.41. The van der Waals surface area contributed by atoms with E-state index in [1.165, 1.54) is 5.56 Å². The molecule has 0 radical (unpaired) electrons. The number of para-hydroxylation sites is 2. The first-order chi connectivity index (χ1) is 16.2. The quantitative estimate of drug-likeness (QED) is 0.387. The lowest BCUT2D eigenvalue weighted by Crippen LogP contribution is -2.26. The van der Waals surface area contributed by atoms with Crippen molar-refractivity contribution in [3.05, 3.63) is 89.7 Å². The number of ether oxygens (including phenoxy) is 2. The number of methoxy groups -OCH3 is 2. The SMILES string of the molecule is COc1ccc(C(=O)NCCc2nc3ccccc3n2CCCc2ccccc2)cc1OC. The predicted octanol–water partition coefficient (Wildman–Crippen LogP) is 4.66. The first-order valence-corrected chi connectivity index (χ1v) is 11.2. The van der Waals surface area contributed by atoms with Gasteiger partial charge >= 0.3 is 0 Å². The van der Waals surface area contributed by atoms with Gasteiger partial charge in [-0.1, -0.05) is 42.5 Å². The Bertz CT molecular complexity index is 1220. The molecular formula is C27H29N3O3. The minimum Gasteiger partial charge on any atom is -0.493 e. The fraction of sp³-hybridized carbons (Fsp3) is 0.259. The monoisotopic (exact) mass is 443 g/mol. The molecule has 0 fully saturated rings. The number of aryl methyl sites for hydroxylation is 2. The Kier molecular flexibility index (Phi) is 7.25. The van der Waals surface area contributed by atoms with Crippen molar-refractivity contribution in [1.29, 1.82) is 0 Å². The van der Waals surface area contributed by atoms with Gasteiger partial charge in [0.15, 0.2) is 11.5 Å². The largest absolute Gasteiger partial charge is 0.493 e. The molecule has 1 heterocycles. The Labute approximate surface area is 194 Å². The van der Waals surface area contributed by atoms with Crippen LogP contribution in [0.5, 0.6) is 11.5 Å². The second-order valence-corrected chi connectivity index (χ2v) is 7.83. The van der Waals surface area contributed by atoms with Crippen LogP contribution in [0.4, 0.5) is 0 Å². The lowest BCUT2D eigenvalue weighted by Gasteiger charge is -2.11. The highest BCUT2D eigenvalue weighted by molar-refractivity contribution is 5.94. The van der Waals surface area contributed by atoms with Gasteiger partial charge in [-0.15, -0.1) is 0 Å². The molecule has 0 unspecified atom stereocenters. The molecule has 0 saturated carbocycles. The van der Waals surface area contributed by atoms with E-state index >= 15 is 0 Å². The van der Waals surface area contributed by atoms with E-state index in [0.717, 1.165) is 36.2 Å². The van der Waals surface area contributed by atoms with Gasteiger partial charge in [0.2, 0.25) is 0 Å². The highest BCUT2D eigenvalue weighted by atomic mass is 16.5. The van der Waals surface area contributed by atoms with E-state index in [0.29, 0.717) is 30.0 Å². The van der Waals surface area contributed by atoms with Gasteiger partial charge in [-0.2, -0.15) is 0 Å². The predicted molar refractivity (Wildman–Crippen MR) is 130 cm³/mol. The van der Waals surface area contributed by atoms with Crippen LogP contribution in [0.1, 0.15) is 28.2 Å². The van der Waals surface area contributed by atoms with Gasteiger partial charge in [-0.05, 0) is 48.7 Å². The molecule has 6 heteroatoms. The lowest BCUT2D eigenvalue weighted by atomic mass is 10.1. The third-order valence-corrected chi connectivity index (χ3v) is 5.70. The number of hydrogen-bond donors (Lipinski definition) is 1. The van der Waals surface area contributed by atoms with E-state index in [9.17, 15) is 4.79 Å². The molecule has 0 bridgehead atoms.